The van der Waals surface area contributed by atoms with Crippen molar-refractivity contribution in [3.05, 3.63) is 64.2 Å². The van der Waals surface area contributed by atoms with E-state index in [2.05, 4.69) is 10.9 Å². The summed E-state index contributed by atoms with van der Waals surface area (Å²) in [5.41, 5.74) is 7.56. The van der Waals surface area contributed by atoms with E-state index in [4.69, 9.17) is 11.6 Å². The number of amides is 2. The third kappa shape index (κ3) is 5.30. The molecule has 2 aromatic carbocycles. The molecule has 0 saturated carbocycles. The summed E-state index contributed by atoms with van der Waals surface area (Å²) in [6.07, 6.45) is 0. The van der Waals surface area contributed by atoms with Crippen LogP contribution in [0.5, 0.6) is 0 Å². The minimum absolute atomic E-state index is 0.221. The Hall–Kier alpha value is -1.98. The van der Waals surface area contributed by atoms with Crippen LogP contribution in [0.4, 0.5) is 0 Å². The molecule has 6 heteroatoms. The van der Waals surface area contributed by atoms with E-state index in [0.29, 0.717) is 10.6 Å². The summed E-state index contributed by atoms with van der Waals surface area (Å²) in [5, 5.41) is 0.467. The van der Waals surface area contributed by atoms with Crippen LogP contribution in [0.1, 0.15) is 21.5 Å². The number of hydrogen-bond acceptors (Lipinski definition) is 3. The van der Waals surface area contributed by atoms with Gasteiger partial charge in [0, 0.05) is 15.5 Å². The highest BCUT2D eigenvalue weighted by Crippen LogP contribution is 2.20. The summed E-state index contributed by atoms with van der Waals surface area (Å²) < 4.78 is 0. The van der Waals surface area contributed by atoms with Crippen molar-refractivity contribution in [3.63, 3.8) is 0 Å². The number of nitrogens with one attached hydrogen (secondary N) is 2. The predicted molar refractivity (Wildman–Crippen MR) is 93.7 cm³/mol. The zero-order valence-electron chi connectivity index (χ0n) is 12.9. The molecule has 0 fully saturated rings. The Kier molecular flexibility index (Phi) is 6.07. The Labute approximate surface area is 144 Å². The number of carbonyl (C=O) groups excluding carboxylic acids is 2. The molecule has 0 radical (unpaired) electrons. The van der Waals surface area contributed by atoms with Gasteiger partial charge in [-0.15, -0.1) is 11.8 Å². The number of benzene rings is 2. The van der Waals surface area contributed by atoms with Gasteiger partial charge >= 0.3 is 0 Å². The van der Waals surface area contributed by atoms with Crippen LogP contribution in [0.3, 0.4) is 0 Å². The largest absolute Gasteiger partial charge is 0.272 e. The summed E-state index contributed by atoms with van der Waals surface area (Å²) in [4.78, 5) is 24.7. The molecule has 4 nitrogen and oxygen atoms in total. The second-order valence-corrected chi connectivity index (χ2v) is 6.53. The number of hydrazine groups is 1. The SMILES string of the molecule is Cc1ccc(SCC(=O)NNC(=O)c2cccc(Cl)c2)cc1C. The van der Waals surface area contributed by atoms with Crippen LogP contribution in [0.2, 0.25) is 5.02 Å². The zero-order valence-corrected chi connectivity index (χ0v) is 14.4. The smallest absolute Gasteiger partial charge is 0.269 e. The zero-order chi connectivity index (χ0) is 16.8. The van der Waals surface area contributed by atoms with Crippen molar-refractivity contribution in [2.45, 2.75) is 18.7 Å². The Morgan fingerprint density at radius 1 is 1.04 bits per heavy atom. The van der Waals surface area contributed by atoms with Crippen LogP contribution >= 0.6 is 23.4 Å². The topological polar surface area (TPSA) is 58.2 Å². The van der Waals surface area contributed by atoms with Crippen LogP contribution in [0.15, 0.2) is 47.4 Å². The maximum atomic E-state index is 11.9. The van der Waals surface area contributed by atoms with Gasteiger partial charge in [-0.2, -0.15) is 0 Å². The lowest BCUT2D eigenvalue weighted by Crippen LogP contribution is -2.42. The molecular formula is C17H17ClN2O2S. The van der Waals surface area contributed by atoms with Gasteiger partial charge in [0.2, 0.25) is 5.91 Å². The van der Waals surface area contributed by atoms with Crippen molar-refractivity contribution in [3.8, 4) is 0 Å². The van der Waals surface area contributed by atoms with Gasteiger partial charge in [-0.05, 0) is 55.3 Å². The average molecular weight is 349 g/mol. The van der Waals surface area contributed by atoms with Crippen LogP contribution in [-0.4, -0.2) is 17.6 Å². The highest BCUT2D eigenvalue weighted by atomic mass is 35.5. The first kappa shape index (κ1) is 17.4. The molecule has 0 unspecified atom stereocenters. The van der Waals surface area contributed by atoms with Gasteiger partial charge in [0.25, 0.3) is 5.91 Å². The Bertz CT molecular complexity index is 734. The van der Waals surface area contributed by atoms with Gasteiger partial charge in [-0.1, -0.05) is 23.7 Å². The second-order valence-electron chi connectivity index (χ2n) is 5.05. The second kappa shape index (κ2) is 8.04. The first-order valence-electron chi connectivity index (χ1n) is 7.00. The van der Waals surface area contributed by atoms with Crippen molar-refractivity contribution in [1.29, 1.82) is 0 Å². The molecule has 0 spiro atoms. The Morgan fingerprint density at radius 2 is 1.83 bits per heavy atom. The number of rotatable bonds is 4. The van der Waals surface area contributed by atoms with E-state index in [1.54, 1.807) is 18.2 Å². The molecule has 2 aromatic rings. The predicted octanol–water partition coefficient (Wildman–Crippen LogP) is 3.51. The Balaban J connectivity index is 1.81. The lowest BCUT2D eigenvalue weighted by molar-refractivity contribution is -0.119. The fraction of sp³-hybridized carbons (Fsp3) is 0.176. The van der Waals surface area contributed by atoms with Gasteiger partial charge in [0.05, 0.1) is 5.75 Å². The van der Waals surface area contributed by atoms with E-state index in [9.17, 15) is 9.59 Å². The molecule has 2 N–H and O–H groups in total. The van der Waals surface area contributed by atoms with E-state index in [0.717, 1.165) is 4.90 Å². The van der Waals surface area contributed by atoms with Crippen molar-refractivity contribution in [2.24, 2.45) is 0 Å². The van der Waals surface area contributed by atoms with Crippen LogP contribution in [0, 0.1) is 13.8 Å². The monoisotopic (exact) mass is 348 g/mol. The van der Waals surface area contributed by atoms with Crippen LogP contribution in [-0.2, 0) is 4.79 Å². The fourth-order valence-electron chi connectivity index (χ4n) is 1.82. The maximum Gasteiger partial charge on any atom is 0.269 e. The summed E-state index contributed by atoms with van der Waals surface area (Å²) in [6.45, 7) is 4.08. The molecule has 2 amide bonds. The minimum atomic E-state index is -0.406. The molecule has 0 aliphatic heterocycles. The number of halogens is 1. The van der Waals surface area contributed by atoms with E-state index in [-0.39, 0.29) is 11.7 Å². The molecule has 0 bridgehead atoms. The molecule has 0 aromatic heterocycles. The van der Waals surface area contributed by atoms with E-state index >= 15 is 0 Å². The number of thioether (sulfide) groups is 1. The number of carbonyl (C=O) groups is 2. The quantitative estimate of drug-likeness (QED) is 0.656. The van der Waals surface area contributed by atoms with Crippen molar-refractivity contribution >= 4 is 35.2 Å². The average Bonchev–Trinajstić information content (AvgIpc) is 2.53. The van der Waals surface area contributed by atoms with Gasteiger partial charge in [0.1, 0.15) is 0 Å². The van der Waals surface area contributed by atoms with Crippen molar-refractivity contribution < 1.29 is 9.59 Å². The molecule has 0 saturated heterocycles. The third-order valence-electron chi connectivity index (χ3n) is 3.25. The summed E-state index contributed by atoms with van der Waals surface area (Å²) in [5.74, 6) is -0.459. The Morgan fingerprint density at radius 3 is 2.52 bits per heavy atom. The molecule has 0 aliphatic carbocycles. The van der Waals surface area contributed by atoms with Crippen molar-refractivity contribution in [2.75, 3.05) is 5.75 Å². The summed E-state index contributed by atoms with van der Waals surface area (Å²) in [6, 6.07) is 12.6. The highest BCUT2D eigenvalue weighted by molar-refractivity contribution is 8.00. The van der Waals surface area contributed by atoms with Gasteiger partial charge in [-0.25, -0.2) is 0 Å². The van der Waals surface area contributed by atoms with E-state index in [1.807, 2.05) is 32.0 Å². The van der Waals surface area contributed by atoms with E-state index in [1.165, 1.54) is 29.0 Å². The highest BCUT2D eigenvalue weighted by Gasteiger charge is 2.08. The minimum Gasteiger partial charge on any atom is -0.272 e. The first-order chi connectivity index (χ1) is 11.0. The molecule has 120 valence electrons. The van der Waals surface area contributed by atoms with Crippen LogP contribution < -0.4 is 10.9 Å². The fourth-order valence-corrected chi connectivity index (χ4v) is 2.80. The van der Waals surface area contributed by atoms with Crippen LogP contribution in [0.25, 0.3) is 0 Å². The molecule has 2 rings (SSSR count). The van der Waals surface area contributed by atoms with Crippen molar-refractivity contribution in [1.82, 2.24) is 10.9 Å². The number of hydrogen-bond donors (Lipinski definition) is 2. The standard InChI is InChI=1S/C17H17ClN2O2S/c1-11-6-7-15(8-12(11)2)23-10-16(21)19-20-17(22)13-4-3-5-14(18)9-13/h3-9H,10H2,1-2H3,(H,19,21)(H,20,22). The number of aryl methyl sites for hydroxylation is 2. The molecule has 0 atom stereocenters. The lowest BCUT2D eigenvalue weighted by Gasteiger charge is -2.08. The molecule has 0 heterocycles. The summed E-state index contributed by atoms with van der Waals surface area (Å²) >= 11 is 7.24. The molecular weight excluding hydrogens is 332 g/mol. The van der Waals surface area contributed by atoms with Gasteiger partial charge in [-0.3, -0.25) is 20.4 Å². The van der Waals surface area contributed by atoms with Gasteiger partial charge < -0.3 is 0 Å². The molecule has 0 aliphatic rings. The lowest BCUT2D eigenvalue weighted by atomic mass is 10.1. The maximum absolute atomic E-state index is 11.9. The van der Waals surface area contributed by atoms with Gasteiger partial charge in [0.15, 0.2) is 0 Å². The third-order valence-corrected chi connectivity index (χ3v) is 4.48. The summed E-state index contributed by atoms with van der Waals surface area (Å²) in [7, 11) is 0. The van der Waals surface area contributed by atoms with E-state index < -0.39 is 5.91 Å². The molecule has 23 heavy (non-hydrogen) atoms. The normalized spacial score (nSPS) is 10.2. The first-order valence-corrected chi connectivity index (χ1v) is 8.37.